The fourth-order valence-electron chi connectivity index (χ4n) is 3.45. The minimum atomic E-state index is 0.129. The maximum atomic E-state index is 3.59. The van der Waals surface area contributed by atoms with E-state index in [4.69, 9.17) is 0 Å². The van der Waals surface area contributed by atoms with E-state index in [1.807, 2.05) is 0 Å². The lowest BCUT2D eigenvalue weighted by Gasteiger charge is -2.18. The molecular weight excluding hydrogens is 316 g/mol. The van der Waals surface area contributed by atoms with Crippen molar-refractivity contribution in [1.82, 2.24) is 9.97 Å². The molecule has 2 nitrogen and oxygen atoms in total. The van der Waals surface area contributed by atoms with Crippen molar-refractivity contribution in [2.75, 3.05) is 0 Å². The lowest BCUT2D eigenvalue weighted by Crippen LogP contribution is -2.10. The second-order valence-corrected chi connectivity index (χ2v) is 9.47. The highest BCUT2D eigenvalue weighted by atomic mass is 14.7. The van der Waals surface area contributed by atoms with Gasteiger partial charge in [-0.15, -0.1) is 0 Å². The van der Waals surface area contributed by atoms with Gasteiger partial charge in [-0.1, -0.05) is 59.7 Å². The van der Waals surface area contributed by atoms with Crippen LogP contribution < -0.4 is 0 Å². The molecule has 2 heteroatoms. The Balaban J connectivity index is 1.79. The minimum absolute atomic E-state index is 0.129. The van der Waals surface area contributed by atoms with Crippen LogP contribution in [0.2, 0.25) is 0 Å². The SMILES string of the molecule is CC(C)(C)c1ccc2[nH]c(-c3ccc4cc(C(C)(C)C)[nH]c4c3)cc2c1. The van der Waals surface area contributed by atoms with Gasteiger partial charge in [-0.25, -0.2) is 0 Å². The minimum Gasteiger partial charge on any atom is -0.358 e. The quantitative estimate of drug-likeness (QED) is 0.376. The third-order valence-electron chi connectivity index (χ3n) is 5.23. The van der Waals surface area contributed by atoms with Gasteiger partial charge in [0.25, 0.3) is 0 Å². The molecule has 0 radical (unpaired) electrons. The normalized spacial score (nSPS) is 13.0. The van der Waals surface area contributed by atoms with Crippen LogP contribution in [0.25, 0.3) is 33.1 Å². The molecule has 0 bridgehead atoms. The number of nitrogens with one attached hydrogen (secondary N) is 2. The van der Waals surface area contributed by atoms with Crippen molar-refractivity contribution < 1.29 is 0 Å². The van der Waals surface area contributed by atoms with Gasteiger partial charge in [-0.3, -0.25) is 0 Å². The number of aromatic amines is 2. The van der Waals surface area contributed by atoms with Gasteiger partial charge in [0.15, 0.2) is 0 Å². The lowest BCUT2D eigenvalue weighted by atomic mass is 9.86. The Morgan fingerprint density at radius 1 is 0.615 bits per heavy atom. The van der Waals surface area contributed by atoms with E-state index < -0.39 is 0 Å². The first-order chi connectivity index (χ1) is 12.1. The van der Waals surface area contributed by atoms with Crippen molar-refractivity contribution in [3.8, 4) is 11.3 Å². The zero-order valence-electron chi connectivity index (χ0n) is 16.6. The van der Waals surface area contributed by atoms with E-state index in [0.717, 1.165) is 0 Å². The zero-order valence-corrected chi connectivity index (χ0v) is 16.6. The molecule has 0 saturated heterocycles. The summed E-state index contributed by atoms with van der Waals surface area (Å²) in [6.45, 7) is 13.5. The summed E-state index contributed by atoms with van der Waals surface area (Å²) in [7, 11) is 0. The number of benzene rings is 2. The summed E-state index contributed by atoms with van der Waals surface area (Å²) < 4.78 is 0. The van der Waals surface area contributed by atoms with E-state index in [0.29, 0.717) is 0 Å². The highest BCUT2D eigenvalue weighted by molar-refractivity contribution is 5.90. The smallest absolute Gasteiger partial charge is 0.0465 e. The van der Waals surface area contributed by atoms with Crippen LogP contribution in [0.15, 0.2) is 48.5 Å². The van der Waals surface area contributed by atoms with E-state index in [-0.39, 0.29) is 10.8 Å². The van der Waals surface area contributed by atoms with Gasteiger partial charge in [0.1, 0.15) is 0 Å². The molecule has 0 amide bonds. The summed E-state index contributed by atoms with van der Waals surface area (Å²) in [5.41, 5.74) is 7.70. The summed E-state index contributed by atoms with van der Waals surface area (Å²) >= 11 is 0. The highest BCUT2D eigenvalue weighted by Gasteiger charge is 2.17. The molecule has 2 aromatic heterocycles. The second-order valence-electron chi connectivity index (χ2n) is 9.47. The lowest BCUT2D eigenvalue weighted by molar-refractivity contribution is 0.574. The Labute approximate surface area is 155 Å². The molecule has 134 valence electrons. The van der Waals surface area contributed by atoms with Crippen LogP contribution in [-0.2, 0) is 10.8 Å². The van der Waals surface area contributed by atoms with Gasteiger partial charge in [0.05, 0.1) is 0 Å². The molecule has 2 N–H and O–H groups in total. The van der Waals surface area contributed by atoms with Crippen LogP contribution in [0.4, 0.5) is 0 Å². The Kier molecular flexibility index (Phi) is 3.59. The fraction of sp³-hybridized carbons (Fsp3) is 0.333. The average Bonchev–Trinajstić information content (AvgIpc) is 3.16. The molecule has 2 heterocycles. The molecule has 0 aliphatic carbocycles. The van der Waals surface area contributed by atoms with Gasteiger partial charge >= 0.3 is 0 Å². The highest BCUT2D eigenvalue weighted by Crippen LogP contribution is 2.32. The number of hydrogen-bond acceptors (Lipinski definition) is 0. The first-order valence-corrected chi connectivity index (χ1v) is 9.38. The van der Waals surface area contributed by atoms with Crippen molar-refractivity contribution in [3.63, 3.8) is 0 Å². The maximum absolute atomic E-state index is 3.59. The standard InChI is InChI=1S/C24H28N2/c1-23(2,3)18-9-10-19-17(11-18)13-20(25-19)15-7-8-16-14-22(24(4,5)6)26-21(16)12-15/h7-14,25-26H,1-6H3. The molecule has 0 saturated carbocycles. The third kappa shape index (κ3) is 2.94. The predicted octanol–water partition coefficient (Wildman–Crippen LogP) is 6.91. The third-order valence-corrected chi connectivity index (χ3v) is 5.23. The number of fused-ring (bicyclic) bond motifs is 2. The Morgan fingerprint density at radius 2 is 1.38 bits per heavy atom. The molecule has 0 spiro atoms. The van der Waals surface area contributed by atoms with Gasteiger partial charge in [0.2, 0.25) is 0 Å². The summed E-state index contributed by atoms with van der Waals surface area (Å²) in [6.07, 6.45) is 0. The van der Waals surface area contributed by atoms with Crippen molar-refractivity contribution in [1.29, 1.82) is 0 Å². The van der Waals surface area contributed by atoms with Crippen LogP contribution in [-0.4, -0.2) is 9.97 Å². The van der Waals surface area contributed by atoms with Crippen LogP contribution >= 0.6 is 0 Å². The molecule has 0 aliphatic rings. The van der Waals surface area contributed by atoms with Crippen molar-refractivity contribution in [3.05, 3.63) is 59.8 Å². The molecule has 0 aliphatic heterocycles. The van der Waals surface area contributed by atoms with E-state index in [1.165, 1.54) is 44.3 Å². The monoisotopic (exact) mass is 344 g/mol. The number of H-pyrrole nitrogens is 2. The van der Waals surface area contributed by atoms with Crippen LogP contribution in [0.1, 0.15) is 52.8 Å². The largest absolute Gasteiger partial charge is 0.358 e. The first kappa shape index (κ1) is 17.0. The molecule has 4 aromatic rings. The summed E-state index contributed by atoms with van der Waals surface area (Å²) in [5, 5.41) is 2.54. The van der Waals surface area contributed by atoms with Crippen molar-refractivity contribution >= 4 is 21.8 Å². The topological polar surface area (TPSA) is 31.6 Å². The summed E-state index contributed by atoms with van der Waals surface area (Å²) in [4.78, 5) is 7.17. The summed E-state index contributed by atoms with van der Waals surface area (Å²) in [5.74, 6) is 0. The molecular formula is C24H28N2. The van der Waals surface area contributed by atoms with Gasteiger partial charge in [-0.2, -0.15) is 0 Å². The van der Waals surface area contributed by atoms with Crippen LogP contribution in [0.3, 0.4) is 0 Å². The van der Waals surface area contributed by atoms with E-state index in [1.54, 1.807) is 0 Å². The fourth-order valence-corrected chi connectivity index (χ4v) is 3.45. The second kappa shape index (κ2) is 5.51. The first-order valence-electron chi connectivity index (χ1n) is 9.38. The van der Waals surface area contributed by atoms with E-state index in [9.17, 15) is 0 Å². The Morgan fingerprint density at radius 3 is 2.08 bits per heavy atom. The van der Waals surface area contributed by atoms with E-state index in [2.05, 4.69) is 100 Å². The molecule has 0 unspecified atom stereocenters. The van der Waals surface area contributed by atoms with Crippen molar-refractivity contribution in [2.45, 2.75) is 52.4 Å². The van der Waals surface area contributed by atoms with Crippen LogP contribution in [0.5, 0.6) is 0 Å². The summed E-state index contributed by atoms with van der Waals surface area (Å²) in [6, 6.07) is 17.9. The van der Waals surface area contributed by atoms with Gasteiger partial charge in [0, 0.05) is 38.8 Å². The van der Waals surface area contributed by atoms with Crippen molar-refractivity contribution in [2.24, 2.45) is 0 Å². The molecule has 2 aromatic carbocycles. The Bertz CT molecular complexity index is 1080. The predicted molar refractivity (Wildman–Crippen MR) is 113 cm³/mol. The average molecular weight is 345 g/mol. The maximum Gasteiger partial charge on any atom is 0.0465 e. The van der Waals surface area contributed by atoms with Gasteiger partial charge in [-0.05, 0) is 46.7 Å². The molecule has 0 fully saturated rings. The number of aromatic nitrogens is 2. The number of hydrogen-bond donors (Lipinski definition) is 2. The number of rotatable bonds is 1. The van der Waals surface area contributed by atoms with E-state index >= 15 is 0 Å². The molecule has 26 heavy (non-hydrogen) atoms. The van der Waals surface area contributed by atoms with Gasteiger partial charge < -0.3 is 9.97 Å². The zero-order chi connectivity index (χ0) is 18.7. The van der Waals surface area contributed by atoms with Crippen LogP contribution in [0, 0.1) is 0 Å². The molecule has 4 rings (SSSR count). The molecule has 0 atom stereocenters. The Hall–Kier alpha value is -2.48.